The third kappa shape index (κ3) is 2.89. The van der Waals surface area contributed by atoms with Crippen molar-refractivity contribution in [3.8, 4) is 0 Å². The van der Waals surface area contributed by atoms with Crippen LogP contribution in [-0.4, -0.2) is 5.91 Å². The number of hydrogen-bond donors (Lipinski definition) is 2. The fraction of sp³-hybridized carbons (Fsp3) is 0.261. The van der Waals surface area contributed by atoms with Crippen LogP contribution in [0.5, 0.6) is 0 Å². The lowest BCUT2D eigenvalue weighted by molar-refractivity contribution is -0.122. The van der Waals surface area contributed by atoms with Crippen LogP contribution in [0.25, 0.3) is 10.8 Å². The average Bonchev–Trinajstić information content (AvgIpc) is 3.35. The van der Waals surface area contributed by atoms with Gasteiger partial charge < -0.3 is 10.6 Å². The maximum absolute atomic E-state index is 12.5. The van der Waals surface area contributed by atoms with Crippen molar-refractivity contribution in [2.24, 2.45) is 5.92 Å². The molecular weight excluding hydrogens is 320 g/mol. The molecule has 0 aromatic heterocycles. The summed E-state index contributed by atoms with van der Waals surface area (Å²) in [4.78, 5) is 12.5. The molecule has 2 unspecified atom stereocenters. The van der Waals surface area contributed by atoms with Crippen LogP contribution in [0.1, 0.15) is 34.6 Å². The Morgan fingerprint density at radius 3 is 2.73 bits per heavy atom. The quantitative estimate of drug-likeness (QED) is 0.756. The molecule has 130 valence electrons. The minimum absolute atomic E-state index is 0.118. The highest BCUT2D eigenvalue weighted by atomic mass is 16.2. The van der Waals surface area contributed by atoms with Gasteiger partial charge in [-0.05, 0) is 45.4 Å². The van der Waals surface area contributed by atoms with Crippen molar-refractivity contribution in [3.63, 3.8) is 0 Å². The largest absolute Gasteiger partial charge is 0.352 e. The Kier molecular flexibility index (Phi) is 3.75. The van der Waals surface area contributed by atoms with Crippen LogP contribution in [0.3, 0.4) is 0 Å². The molecule has 1 aliphatic carbocycles. The van der Waals surface area contributed by atoms with Gasteiger partial charge in [0.05, 0.1) is 0 Å². The third-order valence-corrected chi connectivity index (χ3v) is 5.70. The van der Waals surface area contributed by atoms with Gasteiger partial charge in [0, 0.05) is 25.6 Å². The van der Waals surface area contributed by atoms with E-state index in [1.165, 1.54) is 33.0 Å². The SMILES string of the molecule is O=C(NCc1ccc2c(c1)CNC2)C1CC1c1ccc2ccccc2c1. The highest BCUT2D eigenvalue weighted by Crippen LogP contribution is 2.48. The summed E-state index contributed by atoms with van der Waals surface area (Å²) < 4.78 is 0. The monoisotopic (exact) mass is 342 g/mol. The van der Waals surface area contributed by atoms with Crippen LogP contribution in [-0.2, 0) is 24.4 Å². The van der Waals surface area contributed by atoms with Crippen LogP contribution in [0.15, 0.2) is 60.7 Å². The predicted molar refractivity (Wildman–Crippen MR) is 104 cm³/mol. The van der Waals surface area contributed by atoms with E-state index < -0.39 is 0 Å². The number of amides is 1. The van der Waals surface area contributed by atoms with Crippen LogP contribution in [0, 0.1) is 5.92 Å². The molecule has 2 N–H and O–H groups in total. The molecule has 1 saturated carbocycles. The molecule has 2 aliphatic rings. The molecule has 0 saturated heterocycles. The first-order valence-corrected chi connectivity index (χ1v) is 9.36. The van der Waals surface area contributed by atoms with Gasteiger partial charge in [-0.1, -0.05) is 60.7 Å². The Morgan fingerprint density at radius 1 is 0.962 bits per heavy atom. The second-order valence-corrected chi connectivity index (χ2v) is 7.48. The molecule has 1 fully saturated rings. The molecule has 0 radical (unpaired) electrons. The molecule has 3 aromatic carbocycles. The highest BCUT2D eigenvalue weighted by molar-refractivity contribution is 5.85. The van der Waals surface area contributed by atoms with E-state index in [-0.39, 0.29) is 11.8 Å². The standard InChI is InChI=1S/C23H22N2O/c26-23(25-12-15-5-6-19-13-24-14-20(19)9-15)22-11-21(22)18-8-7-16-3-1-2-4-17(16)10-18/h1-10,21-22,24H,11-14H2,(H,25,26). The zero-order valence-corrected chi connectivity index (χ0v) is 14.7. The smallest absolute Gasteiger partial charge is 0.224 e. The van der Waals surface area contributed by atoms with E-state index in [0.29, 0.717) is 12.5 Å². The van der Waals surface area contributed by atoms with E-state index in [4.69, 9.17) is 0 Å². The van der Waals surface area contributed by atoms with Gasteiger partial charge in [0.2, 0.25) is 5.91 Å². The number of rotatable bonds is 4. The lowest BCUT2D eigenvalue weighted by Gasteiger charge is -2.07. The van der Waals surface area contributed by atoms with E-state index in [1.54, 1.807) is 0 Å². The Labute approximate surface area is 153 Å². The van der Waals surface area contributed by atoms with Crippen molar-refractivity contribution < 1.29 is 4.79 Å². The van der Waals surface area contributed by atoms with Crippen LogP contribution < -0.4 is 10.6 Å². The van der Waals surface area contributed by atoms with Gasteiger partial charge in [-0.25, -0.2) is 0 Å². The summed E-state index contributed by atoms with van der Waals surface area (Å²) >= 11 is 0. The van der Waals surface area contributed by atoms with Crippen molar-refractivity contribution in [1.29, 1.82) is 0 Å². The van der Waals surface area contributed by atoms with Crippen LogP contribution in [0.2, 0.25) is 0 Å². The Bertz CT molecular complexity index is 994. The molecule has 3 nitrogen and oxygen atoms in total. The number of hydrogen-bond acceptors (Lipinski definition) is 2. The molecule has 5 rings (SSSR count). The van der Waals surface area contributed by atoms with Crippen LogP contribution >= 0.6 is 0 Å². The Morgan fingerprint density at radius 2 is 1.81 bits per heavy atom. The summed E-state index contributed by atoms with van der Waals surface area (Å²) in [5.74, 6) is 0.665. The fourth-order valence-corrected chi connectivity index (χ4v) is 4.07. The van der Waals surface area contributed by atoms with E-state index in [2.05, 4.69) is 71.3 Å². The number of carbonyl (C=O) groups excluding carboxylic acids is 1. The summed E-state index contributed by atoms with van der Waals surface area (Å²) in [5, 5.41) is 8.99. The summed E-state index contributed by atoms with van der Waals surface area (Å²) in [6, 6.07) is 21.5. The molecule has 2 atom stereocenters. The Hall–Kier alpha value is -2.65. The summed E-state index contributed by atoms with van der Waals surface area (Å²) in [5.41, 5.74) is 5.20. The highest BCUT2D eigenvalue weighted by Gasteiger charge is 2.43. The van der Waals surface area contributed by atoms with E-state index in [1.807, 2.05) is 0 Å². The molecule has 0 spiro atoms. The maximum atomic E-state index is 12.5. The second kappa shape index (κ2) is 6.26. The zero-order valence-electron chi connectivity index (χ0n) is 14.7. The maximum Gasteiger partial charge on any atom is 0.224 e. The number of benzene rings is 3. The topological polar surface area (TPSA) is 41.1 Å². The van der Waals surface area contributed by atoms with Gasteiger partial charge in [-0.2, -0.15) is 0 Å². The first-order valence-electron chi connectivity index (χ1n) is 9.36. The normalized spacial score (nSPS) is 20.8. The van der Waals surface area contributed by atoms with Gasteiger partial charge in [-0.15, -0.1) is 0 Å². The first kappa shape index (κ1) is 15.6. The van der Waals surface area contributed by atoms with Gasteiger partial charge >= 0.3 is 0 Å². The van der Waals surface area contributed by atoms with Gasteiger partial charge in [-0.3, -0.25) is 4.79 Å². The first-order chi connectivity index (χ1) is 12.8. The minimum Gasteiger partial charge on any atom is -0.352 e. The molecule has 1 heterocycles. The van der Waals surface area contributed by atoms with Gasteiger partial charge in [0.25, 0.3) is 0 Å². The lowest BCUT2D eigenvalue weighted by atomic mass is 10.0. The van der Waals surface area contributed by atoms with Crippen molar-refractivity contribution >= 4 is 16.7 Å². The molecule has 1 aliphatic heterocycles. The number of nitrogens with one attached hydrogen (secondary N) is 2. The zero-order chi connectivity index (χ0) is 17.5. The van der Waals surface area contributed by atoms with Gasteiger partial charge in [0.15, 0.2) is 0 Å². The summed E-state index contributed by atoms with van der Waals surface area (Å²) in [6.07, 6.45) is 0.957. The predicted octanol–water partition coefficient (Wildman–Crippen LogP) is 3.86. The van der Waals surface area contributed by atoms with Gasteiger partial charge in [0.1, 0.15) is 0 Å². The summed E-state index contributed by atoms with van der Waals surface area (Å²) in [6.45, 7) is 2.51. The van der Waals surface area contributed by atoms with Crippen molar-refractivity contribution in [1.82, 2.24) is 10.6 Å². The Balaban J connectivity index is 1.23. The third-order valence-electron chi connectivity index (χ3n) is 5.70. The molecule has 3 aromatic rings. The lowest BCUT2D eigenvalue weighted by Crippen LogP contribution is -2.24. The van der Waals surface area contributed by atoms with E-state index in [9.17, 15) is 4.79 Å². The minimum atomic E-state index is 0.118. The van der Waals surface area contributed by atoms with E-state index >= 15 is 0 Å². The molecule has 1 amide bonds. The molecule has 0 bridgehead atoms. The average molecular weight is 342 g/mol. The molecule has 3 heteroatoms. The van der Waals surface area contributed by atoms with Crippen LogP contribution in [0.4, 0.5) is 0 Å². The fourth-order valence-electron chi connectivity index (χ4n) is 4.07. The second-order valence-electron chi connectivity index (χ2n) is 7.48. The number of carbonyl (C=O) groups is 1. The van der Waals surface area contributed by atoms with E-state index in [0.717, 1.165) is 19.5 Å². The molecular formula is C23H22N2O. The van der Waals surface area contributed by atoms with Crippen molar-refractivity contribution in [3.05, 3.63) is 82.9 Å². The summed E-state index contributed by atoms with van der Waals surface area (Å²) in [7, 11) is 0. The van der Waals surface area contributed by atoms with Crippen molar-refractivity contribution in [2.45, 2.75) is 32.0 Å². The van der Waals surface area contributed by atoms with Crippen molar-refractivity contribution in [2.75, 3.05) is 0 Å². The molecule has 26 heavy (non-hydrogen) atoms. The number of fused-ring (bicyclic) bond motifs is 2.